The van der Waals surface area contributed by atoms with Crippen LogP contribution >= 0.6 is 0 Å². The highest BCUT2D eigenvalue weighted by Crippen LogP contribution is 2.65. The van der Waals surface area contributed by atoms with Gasteiger partial charge in [-0.2, -0.15) is 0 Å². The lowest BCUT2D eigenvalue weighted by Crippen LogP contribution is -2.44. The molecule has 114 valence electrons. The van der Waals surface area contributed by atoms with E-state index in [4.69, 9.17) is 0 Å². The Balaban J connectivity index is 1.45. The summed E-state index contributed by atoms with van der Waals surface area (Å²) in [5.74, 6) is 1.79. The molecule has 1 nitrogen and oxygen atoms in total. The van der Waals surface area contributed by atoms with Gasteiger partial charge in [0.25, 0.3) is 0 Å². The molecular weight excluding hydrogens is 254 g/mol. The van der Waals surface area contributed by atoms with Gasteiger partial charge in [-0.3, -0.25) is 0 Å². The number of hydrogen-bond acceptors (Lipinski definition) is 1. The fraction of sp³-hybridized carbons (Fsp3) is 0.700. The molecule has 3 unspecified atom stereocenters. The molecule has 0 aliphatic heterocycles. The summed E-state index contributed by atoms with van der Waals surface area (Å²) in [6.07, 6.45) is 7.02. The van der Waals surface area contributed by atoms with Crippen molar-refractivity contribution >= 4 is 0 Å². The highest BCUT2D eigenvalue weighted by Gasteiger charge is 2.60. The number of fused-ring (bicyclic) bond motifs is 2. The molecule has 3 atom stereocenters. The summed E-state index contributed by atoms with van der Waals surface area (Å²) in [7, 11) is 0. The van der Waals surface area contributed by atoms with Crippen molar-refractivity contribution in [3.8, 4) is 0 Å². The number of benzene rings is 1. The van der Waals surface area contributed by atoms with Crippen LogP contribution in [0.25, 0.3) is 0 Å². The van der Waals surface area contributed by atoms with E-state index in [2.05, 4.69) is 50.4 Å². The first-order valence-corrected chi connectivity index (χ1v) is 8.83. The Morgan fingerprint density at radius 1 is 1.14 bits per heavy atom. The van der Waals surface area contributed by atoms with Crippen LogP contribution in [0, 0.1) is 16.7 Å². The van der Waals surface area contributed by atoms with E-state index >= 15 is 0 Å². The fourth-order valence-electron chi connectivity index (χ4n) is 5.13. The zero-order chi connectivity index (χ0) is 14.7. The predicted octanol–water partition coefficient (Wildman–Crippen LogP) is 4.87. The lowest BCUT2D eigenvalue weighted by Gasteiger charge is -2.39. The van der Waals surface area contributed by atoms with Crippen LogP contribution in [0.3, 0.4) is 0 Å². The number of nitrogens with one attached hydrogen (secondary N) is 1. The molecule has 1 aromatic rings. The minimum absolute atomic E-state index is 0.492. The third-order valence-electron chi connectivity index (χ3n) is 7.35. The van der Waals surface area contributed by atoms with Crippen LogP contribution < -0.4 is 5.32 Å². The van der Waals surface area contributed by atoms with Crippen LogP contribution in [0.1, 0.15) is 69.9 Å². The lowest BCUT2D eigenvalue weighted by molar-refractivity contribution is 0.120. The molecule has 0 heterocycles. The molecule has 1 aromatic carbocycles. The molecule has 0 spiro atoms. The molecule has 3 saturated carbocycles. The second-order valence-corrected chi connectivity index (χ2v) is 8.56. The van der Waals surface area contributed by atoms with Gasteiger partial charge < -0.3 is 5.32 Å². The van der Waals surface area contributed by atoms with Gasteiger partial charge in [-0.25, -0.2) is 0 Å². The van der Waals surface area contributed by atoms with Crippen molar-refractivity contribution < 1.29 is 0 Å². The van der Waals surface area contributed by atoms with E-state index in [1.807, 2.05) is 0 Å². The quantitative estimate of drug-likeness (QED) is 0.831. The van der Waals surface area contributed by atoms with Crippen molar-refractivity contribution in [1.29, 1.82) is 0 Å². The third kappa shape index (κ3) is 2.08. The largest absolute Gasteiger partial charge is 0.309 e. The van der Waals surface area contributed by atoms with E-state index in [0.29, 0.717) is 16.9 Å². The molecule has 1 N–H and O–H groups in total. The SMILES string of the molecule is CC1(C)C2CCC1(C)C(NCc1cccc(C3CC3)c1)C2. The van der Waals surface area contributed by atoms with Crippen molar-refractivity contribution in [3.05, 3.63) is 35.4 Å². The average Bonchev–Trinajstić information content (AvgIpc) is 3.25. The molecular formula is C20H29N. The van der Waals surface area contributed by atoms with E-state index in [9.17, 15) is 0 Å². The minimum atomic E-state index is 0.492. The van der Waals surface area contributed by atoms with Crippen LogP contribution in [0.15, 0.2) is 24.3 Å². The molecule has 0 saturated heterocycles. The first-order valence-electron chi connectivity index (χ1n) is 8.83. The standard InChI is InChI=1S/C20H29N/c1-19(2)17-9-10-20(19,3)18(12-17)21-13-14-5-4-6-16(11-14)15-7-8-15/h4-6,11,15,17-18,21H,7-10,12-13H2,1-3H3. The summed E-state index contributed by atoms with van der Waals surface area (Å²) < 4.78 is 0. The molecule has 3 aliphatic carbocycles. The Kier molecular flexibility index (Phi) is 3.02. The van der Waals surface area contributed by atoms with Crippen LogP contribution in [0.5, 0.6) is 0 Å². The van der Waals surface area contributed by atoms with Crippen LogP contribution in [-0.4, -0.2) is 6.04 Å². The van der Waals surface area contributed by atoms with Crippen LogP contribution in [-0.2, 0) is 6.54 Å². The summed E-state index contributed by atoms with van der Waals surface area (Å²) in [5, 5.41) is 3.91. The second kappa shape index (κ2) is 4.59. The molecule has 2 bridgehead atoms. The maximum atomic E-state index is 3.91. The number of hydrogen-bond donors (Lipinski definition) is 1. The minimum Gasteiger partial charge on any atom is -0.309 e. The Labute approximate surface area is 129 Å². The highest BCUT2D eigenvalue weighted by molar-refractivity contribution is 5.29. The smallest absolute Gasteiger partial charge is 0.0208 e. The van der Waals surface area contributed by atoms with Gasteiger partial charge in [0.2, 0.25) is 0 Å². The van der Waals surface area contributed by atoms with Crippen molar-refractivity contribution in [3.63, 3.8) is 0 Å². The molecule has 4 rings (SSSR count). The maximum absolute atomic E-state index is 3.91. The average molecular weight is 283 g/mol. The summed E-state index contributed by atoms with van der Waals surface area (Å²) >= 11 is 0. The first-order chi connectivity index (χ1) is 10.0. The number of rotatable bonds is 4. The van der Waals surface area contributed by atoms with Gasteiger partial charge in [0.1, 0.15) is 0 Å². The van der Waals surface area contributed by atoms with Crippen LogP contribution in [0.2, 0.25) is 0 Å². The van der Waals surface area contributed by atoms with E-state index in [1.165, 1.54) is 37.7 Å². The Bertz CT molecular complexity index is 543. The van der Waals surface area contributed by atoms with Crippen molar-refractivity contribution in [2.45, 2.75) is 71.4 Å². The molecule has 3 fully saturated rings. The van der Waals surface area contributed by atoms with E-state index < -0.39 is 0 Å². The molecule has 0 aromatic heterocycles. The van der Waals surface area contributed by atoms with Crippen molar-refractivity contribution in [2.75, 3.05) is 0 Å². The first kappa shape index (κ1) is 13.8. The maximum Gasteiger partial charge on any atom is 0.0208 e. The van der Waals surface area contributed by atoms with Gasteiger partial charge in [0.15, 0.2) is 0 Å². The Morgan fingerprint density at radius 3 is 2.57 bits per heavy atom. The lowest BCUT2D eigenvalue weighted by atomic mass is 9.69. The summed E-state index contributed by atoms with van der Waals surface area (Å²) in [4.78, 5) is 0. The summed E-state index contributed by atoms with van der Waals surface area (Å²) in [5.41, 5.74) is 4.05. The topological polar surface area (TPSA) is 12.0 Å². The Hall–Kier alpha value is -0.820. The van der Waals surface area contributed by atoms with Gasteiger partial charge in [0, 0.05) is 12.6 Å². The zero-order valence-corrected chi connectivity index (χ0v) is 13.8. The third-order valence-corrected chi connectivity index (χ3v) is 7.35. The van der Waals surface area contributed by atoms with Crippen molar-refractivity contribution in [2.24, 2.45) is 16.7 Å². The van der Waals surface area contributed by atoms with Gasteiger partial charge in [-0.15, -0.1) is 0 Å². The van der Waals surface area contributed by atoms with Crippen LogP contribution in [0.4, 0.5) is 0 Å². The summed E-state index contributed by atoms with van der Waals surface area (Å²) in [6, 6.07) is 9.99. The highest BCUT2D eigenvalue weighted by atomic mass is 15.0. The monoisotopic (exact) mass is 283 g/mol. The van der Waals surface area contributed by atoms with Gasteiger partial charge >= 0.3 is 0 Å². The van der Waals surface area contributed by atoms with E-state index in [0.717, 1.165) is 18.4 Å². The fourth-order valence-corrected chi connectivity index (χ4v) is 5.13. The molecule has 0 radical (unpaired) electrons. The van der Waals surface area contributed by atoms with Gasteiger partial charge in [-0.05, 0) is 65.9 Å². The van der Waals surface area contributed by atoms with E-state index in [-0.39, 0.29) is 0 Å². The molecule has 0 amide bonds. The summed E-state index contributed by atoms with van der Waals surface area (Å²) in [6.45, 7) is 8.57. The van der Waals surface area contributed by atoms with Gasteiger partial charge in [0.05, 0.1) is 0 Å². The van der Waals surface area contributed by atoms with Crippen molar-refractivity contribution in [1.82, 2.24) is 5.32 Å². The second-order valence-electron chi connectivity index (χ2n) is 8.56. The predicted molar refractivity (Wildman–Crippen MR) is 88.3 cm³/mol. The zero-order valence-electron chi connectivity index (χ0n) is 13.8. The van der Waals surface area contributed by atoms with E-state index in [1.54, 1.807) is 5.56 Å². The molecule has 1 heteroatoms. The normalized spacial score (nSPS) is 37.1. The Morgan fingerprint density at radius 2 is 1.95 bits per heavy atom. The van der Waals surface area contributed by atoms with Gasteiger partial charge in [-0.1, -0.05) is 45.0 Å². The molecule has 3 aliphatic rings. The molecule has 21 heavy (non-hydrogen) atoms.